The third-order valence-corrected chi connectivity index (χ3v) is 3.81. The van der Waals surface area contributed by atoms with Crippen LogP contribution in [0.1, 0.15) is 24.5 Å². The Morgan fingerprint density at radius 3 is 2.95 bits per heavy atom. The number of rotatable bonds is 5. The lowest BCUT2D eigenvalue weighted by atomic mass is 9.96. The smallest absolute Gasteiger partial charge is 0.170 e. The number of amidine groups is 1. The molecule has 1 saturated heterocycles. The van der Waals surface area contributed by atoms with Crippen molar-refractivity contribution in [1.29, 1.82) is 0 Å². The maximum Gasteiger partial charge on any atom is 0.170 e. The van der Waals surface area contributed by atoms with Crippen molar-refractivity contribution in [2.75, 3.05) is 13.2 Å². The van der Waals surface area contributed by atoms with Gasteiger partial charge in [0.1, 0.15) is 5.60 Å². The van der Waals surface area contributed by atoms with Crippen molar-refractivity contribution in [3.8, 4) is 0 Å². The highest BCUT2D eigenvalue weighted by molar-refractivity contribution is 5.98. The van der Waals surface area contributed by atoms with Crippen LogP contribution >= 0.6 is 0 Å². The summed E-state index contributed by atoms with van der Waals surface area (Å²) >= 11 is 0. The fourth-order valence-corrected chi connectivity index (χ4v) is 2.39. The molecule has 6 nitrogen and oxygen atoms in total. The van der Waals surface area contributed by atoms with Crippen molar-refractivity contribution in [3.63, 3.8) is 0 Å². The van der Waals surface area contributed by atoms with Gasteiger partial charge in [-0.3, -0.25) is 0 Å². The second-order valence-corrected chi connectivity index (χ2v) is 5.11. The van der Waals surface area contributed by atoms with Gasteiger partial charge in [0.25, 0.3) is 0 Å². The minimum atomic E-state index is -0.828. The highest BCUT2D eigenvalue weighted by atomic mass is 16.5. The fraction of sp³-hybridized carbons (Fsp3) is 0.500. The molecule has 110 valence electrons. The van der Waals surface area contributed by atoms with E-state index in [2.05, 4.69) is 10.5 Å². The molecule has 2 rings (SSSR count). The van der Waals surface area contributed by atoms with Crippen molar-refractivity contribution in [2.45, 2.75) is 31.6 Å². The highest BCUT2D eigenvalue weighted by Gasteiger charge is 2.38. The van der Waals surface area contributed by atoms with Crippen LogP contribution in [0.4, 0.5) is 0 Å². The van der Waals surface area contributed by atoms with Crippen LogP contribution in [0, 0.1) is 0 Å². The van der Waals surface area contributed by atoms with E-state index in [4.69, 9.17) is 15.7 Å². The average Bonchev–Trinajstić information content (AvgIpc) is 2.78. The third-order valence-electron chi connectivity index (χ3n) is 3.81. The van der Waals surface area contributed by atoms with E-state index < -0.39 is 5.60 Å². The Hall–Kier alpha value is -1.63. The fourth-order valence-electron chi connectivity index (χ4n) is 2.39. The second-order valence-electron chi connectivity index (χ2n) is 5.11. The summed E-state index contributed by atoms with van der Waals surface area (Å²) in [6, 6.07) is 7.42. The third kappa shape index (κ3) is 3.09. The van der Waals surface area contributed by atoms with E-state index in [0.717, 1.165) is 5.56 Å². The zero-order valence-electron chi connectivity index (χ0n) is 11.5. The lowest BCUT2D eigenvalue weighted by molar-refractivity contribution is -0.0262. The first kappa shape index (κ1) is 14.8. The van der Waals surface area contributed by atoms with Crippen molar-refractivity contribution in [2.24, 2.45) is 10.9 Å². The molecule has 2 atom stereocenters. The number of oxime groups is 1. The lowest BCUT2D eigenvalue weighted by Crippen LogP contribution is -2.45. The van der Waals surface area contributed by atoms with Gasteiger partial charge in [-0.2, -0.15) is 0 Å². The molecule has 1 fully saturated rings. The van der Waals surface area contributed by atoms with Gasteiger partial charge in [-0.05, 0) is 12.5 Å². The molecule has 2 unspecified atom stereocenters. The number of nitrogens with one attached hydrogen (secondary N) is 1. The zero-order chi connectivity index (χ0) is 14.6. The zero-order valence-corrected chi connectivity index (χ0v) is 11.5. The van der Waals surface area contributed by atoms with E-state index in [1.54, 1.807) is 6.07 Å². The Labute approximate surface area is 118 Å². The molecule has 1 heterocycles. The summed E-state index contributed by atoms with van der Waals surface area (Å²) in [6.45, 7) is 3.43. The lowest BCUT2D eigenvalue weighted by Gasteiger charge is -2.26. The molecule has 1 aliphatic heterocycles. The van der Waals surface area contributed by atoms with Crippen molar-refractivity contribution < 1.29 is 15.1 Å². The van der Waals surface area contributed by atoms with E-state index in [-0.39, 0.29) is 11.9 Å². The van der Waals surface area contributed by atoms with E-state index in [1.807, 2.05) is 25.1 Å². The van der Waals surface area contributed by atoms with Crippen molar-refractivity contribution in [1.82, 2.24) is 5.32 Å². The first-order chi connectivity index (χ1) is 9.57. The number of nitrogens with two attached hydrogens (primary N) is 1. The topological polar surface area (TPSA) is 100 Å². The van der Waals surface area contributed by atoms with Crippen LogP contribution in [0.2, 0.25) is 0 Å². The van der Waals surface area contributed by atoms with Crippen LogP contribution < -0.4 is 11.1 Å². The Morgan fingerprint density at radius 2 is 2.30 bits per heavy atom. The number of nitrogens with zero attached hydrogens (tertiary/aromatic N) is 1. The monoisotopic (exact) mass is 279 g/mol. The molecule has 0 saturated carbocycles. The molecule has 0 aliphatic carbocycles. The molecular weight excluding hydrogens is 258 g/mol. The first-order valence-electron chi connectivity index (χ1n) is 6.67. The van der Waals surface area contributed by atoms with Gasteiger partial charge >= 0.3 is 0 Å². The van der Waals surface area contributed by atoms with Gasteiger partial charge in [0.2, 0.25) is 0 Å². The van der Waals surface area contributed by atoms with Gasteiger partial charge in [0.05, 0.1) is 6.10 Å². The van der Waals surface area contributed by atoms with E-state index in [9.17, 15) is 5.11 Å². The highest BCUT2D eigenvalue weighted by Crippen LogP contribution is 2.24. The summed E-state index contributed by atoms with van der Waals surface area (Å²) in [5.74, 6) is 0.0821. The number of hydrogen-bond donors (Lipinski definition) is 4. The minimum Gasteiger partial charge on any atom is -0.409 e. The van der Waals surface area contributed by atoms with Gasteiger partial charge < -0.3 is 26.1 Å². The Bertz CT molecular complexity index is 492. The largest absolute Gasteiger partial charge is 0.409 e. The molecule has 0 amide bonds. The van der Waals surface area contributed by atoms with Gasteiger partial charge in [0.15, 0.2) is 5.84 Å². The summed E-state index contributed by atoms with van der Waals surface area (Å²) in [4.78, 5) is 0. The number of ether oxygens (including phenoxy) is 1. The van der Waals surface area contributed by atoms with Crippen LogP contribution in [0.25, 0.3) is 0 Å². The number of hydrogen-bond acceptors (Lipinski definition) is 5. The molecule has 1 aromatic carbocycles. The SMILES string of the molecule is CC1OCCC1(O)CNCc1ccccc1/C(N)=N/O. The summed E-state index contributed by atoms with van der Waals surface area (Å²) in [5, 5.41) is 25.4. The molecule has 5 N–H and O–H groups in total. The van der Waals surface area contributed by atoms with E-state index in [0.29, 0.717) is 31.7 Å². The molecule has 0 radical (unpaired) electrons. The minimum absolute atomic E-state index is 0.0821. The molecule has 1 aliphatic rings. The van der Waals surface area contributed by atoms with Gasteiger partial charge in [-0.25, -0.2) is 0 Å². The molecule has 6 heteroatoms. The Balaban J connectivity index is 1.98. The predicted octanol–water partition coefficient (Wildman–Crippen LogP) is 0.411. The summed E-state index contributed by atoms with van der Waals surface area (Å²) in [5.41, 5.74) is 6.41. The molecule has 0 aromatic heterocycles. The van der Waals surface area contributed by atoms with Gasteiger partial charge in [0, 0.05) is 31.7 Å². The second kappa shape index (κ2) is 6.21. The molecular formula is C14H21N3O3. The molecule has 20 heavy (non-hydrogen) atoms. The standard InChI is InChI=1S/C14H21N3O3/c1-10-14(18,6-7-20-10)9-16-8-11-4-2-3-5-12(11)13(15)17-19/h2-5,10,16,18-19H,6-9H2,1H3,(H2,15,17). The van der Waals surface area contributed by atoms with Crippen molar-refractivity contribution >= 4 is 5.84 Å². The molecule has 0 spiro atoms. The van der Waals surface area contributed by atoms with Crippen LogP contribution in [0.15, 0.2) is 29.4 Å². The maximum absolute atomic E-state index is 10.4. The first-order valence-corrected chi connectivity index (χ1v) is 6.67. The maximum atomic E-state index is 10.4. The predicted molar refractivity (Wildman–Crippen MR) is 75.6 cm³/mol. The quantitative estimate of drug-likeness (QED) is 0.271. The number of benzene rings is 1. The van der Waals surface area contributed by atoms with Crippen LogP contribution in [0.3, 0.4) is 0 Å². The van der Waals surface area contributed by atoms with Crippen molar-refractivity contribution in [3.05, 3.63) is 35.4 Å². The summed E-state index contributed by atoms with van der Waals surface area (Å²) in [7, 11) is 0. The van der Waals surface area contributed by atoms with Crippen LogP contribution in [-0.2, 0) is 11.3 Å². The normalized spacial score (nSPS) is 26.9. The molecule has 0 bridgehead atoms. The Morgan fingerprint density at radius 1 is 1.55 bits per heavy atom. The van der Waals surface area contributed by atoms with Crippen LogP contribution in [-0.4, -0.2) is 41.0 Å². The van der Waals surface area contributed by atoms with E-state index in [1.165, 1.54) is 0 Å². The van der Waals surface area contributed by atoms with Gasteiger partial charge in [-0.15, -0.1) is 0 Å². The average molecular weight is 279 g/mol. The van der Waals surface area contributed by atoms with Gasteiger partial charge in [-0.1, -0.05) is 29.4 Å². The molecule has 1 aromatic rings. The summed E-state index contributed by atoms with van der Waals surface area (Å²) < 4.78 is 5.39. The Kier molecular flexibility index (Phi) is 4.59. The van der Waals surface area contributed by atoms with E-state index >= 15 is 0 Å². The summed E-state index contributed by atoms with van der Waals surface area (Å²) in [6.07, 6.45) is 0.456. The number of aliphatic hydroxyl groups is 1. The van der Waals surface area contributed by atoms with Crippen LogP contribution in [0.5, 0.6) is 0 Å².